The molecule has 34 heavy (non-hydrogen) atoms. The number of aliphatic hydroxyl groups is 2. The second-order valence-electron chi connectivity index (χ2n) is 11.4. The first kappa shape index (κ1) is 27.3. The fourth-order valence-corrected chi connectivity index (χ4v) is 9.74. The third-order valence-corrected chi connectivity index (χ3v) is 14.2. The highest BCUT2D eigenvalue weighted by atomic mass is 28.4. The first-order valence-electron chi connectivity index (χ1n) is 12.9. The summed E-state index contributed by atoms with van der Waals surface area (Å²) in [4.78, 5) is 27.3. The molecule has 1 heterocycles. The van der Waals surface area contributed by atoms with Crippen LogP contribution >= 0.6 is 0 Å². The number of fused-ring (bicyclic) bond motifs is 3. The molecule has 6 atom stereocenters. The zero-order valence-corrected chi connectivity index (χ0v) is 23.1. The molecule has 0 aromatic rings. The Morgan fingerprint density at radius 1 is 1.18 bits per heavy atom. The number of esters is 1. The minimum Gasteiger partial charge on any atom is -0.459 e. The highest BCUT2D eigenvalue weighted by Gasteiger charge is 2.72. The van der Waals surface area contributed by atoms with Crippen molar-refractivity contribution in [2.24, 2.45) is 16.7 Å². The lowest BCUT2D eigenvalue weighted by molar-refractivity contribution is -0.172. The van der Waals surface area contributed by atoms with Gasteiger partial charge in [0.25, 0.3) is 0 Å². The molecule has 1 saturated carbocycles. The third-order valence-electron chi connectivity index (χ3n) is 9.59. The Kier molecular flexibility index (Phi) is 7.47. The van der Waals surface area contributed by atoms with Gasteiger partial charge in [-0.3, -0.25) is 4.79 Å². The van der Waals surface area contributed by atoms with Gasteiger partial charge in [-0.05, 0) is 67.3 Å². The number of ketones is 1. The molecule has 192 valence electrons. The van der Waals surface area contributed by atoms with E-state index in [4.69, 9.17) is 9.16 Å². The second kappa shape index (κ2) is 9.30. The minimum absolute atomic E-state index is 0.175. The topological polar surface area (TPSA) is 93.1 Å². The molecule has 2 bridgehead atoms. The van der Waals surface area contributed by atoms with E-state index in [-0.39, 0.29) is 12.8 Å². The Labute approximate surface area is 205 Å². The van der Waals surface area contributed by atoms with Crippen LogP contribution in [0.1, 0.15) is 74.1 Å². The molecule has 1 unspecified atom stereocenters. The van der Waals surface area contributed by atoms with Gasteiger partial charge in [-0.15, -0.1) is 6.58 Å². The predicted molar refractivity (Wildman–Crippen MR) is 135 cm³/mol. The molecule has 3 aliphatic rings. The number of aliphatic hydroxyl groups excluding tert-OH is 1. The van der Waals surface area contributed by atoms with Gasteiger partial charge in [0.1, 0.15) is 6.10 Å². The van der Waals surface area contributed by atoms with Crippen molar-refractivity contribution in [2.45, 2.75) is 116 Å². The largest absolute Gasteiger partial charge is 0.459 e. The van der Waals surface area contributed by atoms with Gasteiger partial charge in [-0.25, -0.2) is 4.79 Å². The summed E-state index contributed by atoms with van der Waals surface area (Å²) in [6.07, 6.45) is 1.47. The fourth-order valence-electron chi connectivity index (χ4n) is 6.93. The lowest BCUT2D eigenvalue weighted by Gasteiger charge is -2.53. The monoisotopic (exact) mass is 492 g/mol. The summed E-state index contributed by atoms with van der Waals surface area (Å²) in [6.45, 7) is 18.0. The molecule has 0 aromatic heterocycles. The summed E-state index contributed by atoms with van der Waals surface area (Å²) in [7, 11) is -2.12. The first-order valence-corrected chi connectivity index (χ1v) is 15.5. The van der Waals surface area contributed by atoms with Gasteiger partial charge in [-0.1, -0.05) is 47.6 Å². The molecule has 0 amide bonds. The van der Waals surface area contributed by atoms with Crippen LogP contribution in [0.3, 0.4) is 0 Å². The van der Waals surface area contributed by atoms with Crippen molar-refractivity contribution < 1.29 is 29.0 Å². The average molecular weight is 493 g/mol. The molecular formula is C27H44O6Si. The average Bonchev–Trinajstić information content (AvgIpc) is 2.98. The molecular weight excluding hydrogens is 448 g/mol. The number of rotatable bonds is 8. The van der Waals surface area contributed by atoms with Crippen LogP contribution in [0.4, 0.5) is 0 Å². The summed E-state index contributed by atoms with van der Waals surface area (Å²) in [6, 6.07) is 2.85. The highest BCUT2D eigenvalue weighted by Crippen LogP contribution is 2.59. The van der Waals surface area contributed by atoms with Gasteiger partial charge in [0.05, 0.1) is 17.6 Å². The van der Waals surface area contributed by atoms with Crippen molar-refractivity contribution >= 4 is 20.1 Å². The van der Waals surface area contributed by atoms with Crippen LogP contribution in [0.2, 0.25) is 18.1 Å². The molecule has 0 radical (unpaired) electrons. The SMILES string of the molecule is C=CCC[C@@H]1OC(=O)[C@@]2(O)C(=O)C3C[C@H](O)C(C)=C([C@H](O[Si](CC)(CC)CC)C[C@]12C)C3(C)C. The Bertz CT molecular complexity index is 866. The number of Topliss-reactive ketones (excluding diaryl/α,β-unsaturated/α-hetero) is 1. The standard InChI is InChI=1S/C27H44O6Si/c1-9-13-14-21-26(8)16-20(33-34(10-2,11-3)12-4)22-17(5)19(28)15-18(25(22,6)7)23(29)27(26,31)24(30)32-21/h9,18-21,28,31H,1,10-16H2,2-8H3/t18?,19-,20+,21-,26+,27-/m0/s1. The van der Waals surface area contributed by atoms with Crippen LogP contribution in [-0.2, 0) is 18.8 Å². The van der Waals surface area contributed by atoms with Crippen molar-refractivity contribution in [3.63, 3.8) is 0 Å². The first-order chi connectivity index (χ1) is 15.8. The number of cyclic esters (lactones) is 1. The predicted octanol–water partition coefficient (Wildman–Crippen LogP) is 4.70. The van der Waals surface area contributed by atoms with Crippen molar-refractivity contribution in [1.29, 1.82) is 0 Å². The maximum Gasteiger partial charge on any atom is 0.347 e. The van der Waals surface area contributed by atoms with Gasteiger partial charge in [0.2, 0.25) is 5.60 Å². The van der Waals surface area contributed by atoms with Crippen LogP contribution in [0.5, 0.6) is 0 Å². The number of hydrogen-bond acceptors (Lipinski definition) is 6. The van der Waals surface area contributed by atoms with Crippen LogP contribution in [0, 0.1) is 16.7 Å². The van der Waals surface area contributed by atoms with E-state index in [0.717, 1.165) is 29.3 Å². The molecule has 2 N–H and O–H groups in total. The Balaban J connectivity index is 2.28. The minimum atomic E-state index is -2.27. The van der Waals surface area contributed by atoms with E-state index in [0.29, 0.717) is 12.8 Å². The summed E-state index contributed by atoms with van der Waals surface area (Å²) in [5.41, 5.74) is -2.27. The highest BCUT2D eigenvalue weighted by molar-refractivity contribution is 6.73. The summed E-state index contributed by atoms with van der Waals surface area (Å²) in [5.74, 6) is -2.11. The van der Waals surface area contributed by atoms with E-state index in [9.17, 15) is 19.8 Å². The molecule has 2 fully saturated rings. The fraction of sp³-hybridized carbons (Fsp3) is 0.778. The molecule has 0 spiro atoms. The van der Waals surface area contributed by atoms with E-state index < -0.39 is 60.7 Å². The molecule has 7 heteroatoms. The summed E-state index contributed by atoms with van der Waals surface area (Å²) in [5, 5.41) is 23.0. The van der Waals surface area contributed by atoms with Crippen LogP contribution in [0.15, 0.2) is 23.8 Å². The normalized spacial score (nSPS) is 37.7. The Morgan fingerprint density at radius 2 is 1.76 bits per heavy atom. The maximum absolute atomic E-state index is 14.0. The molecule has 3 rings (SSSR count). The summed E-state index contributed by atoms with van der Waals surface area (Å²) < 4.78 is 12.8. The second-order valence-corrected chi connectivity index (χ2v) is 16.2. The number of ether oxygens (including phenoxy) is 1. The Morgan fingerprint density at radius 3 is 2.29 bits per heavy atom. The van der Waals surface area contributed by atoms with E-state index in [2.05, 4.69) is 27.4 Å². The van der Waals surface area contributed by atoms with Gasteiger partial charge in [-0.2, -0.15) is 0 Å². The van der Waals surface area contributed by atoms with E-state index >= 15 is 0 Å². The number of carbonyl (C=O) groups is 2. The number of hydrogen-bond donors (Lipinski definition) is 2. The number of allylic oxidation sites excluding steroid dienone is 1. The van der Waals surface area contributed by atoms with Crippen LogP contribution in [-0.4, -0.2) is 54.2 Å². The van der Waals surface area contributed by atoms with Gasteiger partial charge in [0.15, 0.2) is 14.1 Å². The maximum atomic E-state index is 14.0. The smallest absolute Gasteiger partial charge is 0.347 e. The van der Waals surface area contributed by atoms with E-state index in [1.165, 1.54) is 0 Å². The molecule has 2 aliphatic carbocycles. The lowest BCUT2D eigenvalue weighted by atomic mass is 9.52. The van der Waals surface area contributed by atoms with E-state index in [1.807, 2.05) is 27.7 Å². The van der Waals surface area contributed by atoms with Crippen molar-refractivity contribution in [1.82, 2.24) is 0 Å². The zero-order valence-electron chi connectivity index (χ0n) is 22.1. The molecule has 0 aromatic carbocycles. The summed E-state index contributed by atoms with van der Waals surface area (Å²) >= 11 is 0. The molecule has 1 saturated heterocycles. The number of carbonyl (C=O) groups excluding carboxylic acids is 2. The van der Waals surface area contributed by atoms with Crippen molar-refractivity contribution in [3.05, 3.63) is 23.8 Å². The lowest BCUT2D eigenvalue weighted by Crippen LogP contribution is -2.64. The van der Waals surface area contributed by atoms with Crippen LogP contribution in [0.25, 0.3) is 0 Å². The van der Waals surface area contributed by atoms with Gasteiger partial charge < -0.3 is 19.4 Å². The van der Waals surface area contributed by atoms with Crippen molar-refractivity contribution in [3.8, 4) is 0 Å². The molecule has 1 aliphatic heterocycles. The van der Waals surface area contributed by atoms with Crippen LogP contribution < -0.4 is 0 Å². The Hall–Kier alpha value is -1.28. The van der Waals surface area contributed by atoms with E-state index in [1.54, 1.807) is 6.08 Å². The van der Waals surface area contributed by atoms with Gasteiger partial charge >= 0.3 is 5.97 Å². The van der Waals surface area contributed by atoms with Crippen molar-refractivity contribution in [2.75, 3.05) is 0 Å². The third kappa shape index (κ3) is 3.78. The van der Waals surface area contributed by atoms with Gasteiger partial charge in [0, 0.05) is 5.92 Å². The zero-order chi connectivity index (χ0) is 25.7. The molecule has 6 nitrogen and oxygen atoms in total. The quantitative estimate of drug-likeness (QED) is 0.221.